The highest BCUT2D eigenvalue weighted by molar-refractivity contribution is 5.79. The molecule has 2 N–H and O–H groups in total. The van der Waals surface area contributed by atoms with Gasteiger partial charge in [0.1, 0.15) is 0 Å². The molecule has 3 nitrogen and oxygen atoms in total. The minimum Gasteiger partial charge on any atom is -0.342 e. The van der Waals surface area contributed by atoms with Crippen LogP contribution >= 0.6 is 0 Å². The van der Waals surface area contributed by atoms with E-state index < -0.39 is 0 Å². The van der Waals surface area contributed by atoms with E-state index in [1.54, 1.807) is 0 Å². The third kappa shape index (κ3) is 2.82. The second kappa shape index (κ2) is 5.85. The van der Waals surface area contributed by atoms with Gasteiger partial charge in [-0.05, 0) is 44.1 Å². The van der Waals surface area contributed by atoms with E-state index in [9.17, 15) is 4.79 Å². The molecule has 0 aromatic heterocycles. The largest absolute Gasteiger partial charge is 0.342 e. The molecule has 0 spiro atoms. The fraction of sp³-hybridized carbons (Fsp3) is 0.929. The van der Waals surface area contributed by atoms with E-state index >= 15 is 0 Å². The number of likely N-dealkylation sites (tertiary alicyclic amines) is 1. The van der Waals surface area contributed by atoms with Crippen LogP contribution in [-0.4, -0.2) is 30.4 Å². The number of carbonyl (C=O) groups excluding carboxylic acids is 1. The second-order valence-corrected chi connectivity index (χ2v) is 5.71. The summed E-state index contributed by atoms with van der Waals surface area (Å²) in [5.41, 5.74) is 5.76. The van der Waals surface area contributed by atoms with Crippen LogP contribution in [0.2, 0.25) is 0 Å². The number of hydrogen-bond donors (Lipinski definition) is 1. The van der Waals surface area contributed by atoms with Gasteiger partial charge in [0, 0.05) is 19.0 Å². The lowest BCUT2D eigenvalue weighted by Crippen LogP contribution is -2.43. The average Bonchev–Trinajstić information content (AvgIpc) is 2.86. The zero-order chi connectivity index (χ0) is 12.3. The van der Waals surface area contributed by atoms with Crippen LogP contribution in [0.25, 0.3) is 0 Å². The van der Waals surface area contributed by atoms with Crippen molar-refractivity contribution in [2.45, 2.75) is 45.4 Å². The van der Waals surface area contributed by atoms with Crippen molar-refractivity contribution in [3.8, 4) is 0 Å². The highest BCUT2D eigenvalue weighted by Crippen LogP contribution is 2.33. The van der Waals surface area contributed by atoms with E-state index in [-0.39, 0.29) is 5.92 Å². The Morgan fingerprint density at radius 2 is 1.94 bits per heavy atom. The van der Waals surface area contributed by atoms with Gasteiger partial charge in [0.05, 0.1) is 0 Å². The molecular weight excluding hydrogens is 212 g/mol. The molecule has 1 heterocycles. The number of nitrogens with two attached hydrogens (primary N) is 1. The summed E-state index contributed by atoms with van der Waals surface area (Å²) >= 11 is 0. The quantitative estimate of drug-likeness (QED) is 0.817. The summed E-state index contributed by atoms with van der Waals surface area (Å²) in [6.45, 7) is 4.89. The number of piperidine rings is 1. The van der Waals surface area contributed by atoms with E-state index in [2.05, 4.69) is 11.8 Å². The third-order valence-electron chi connectivity index (χ3n) is 4.78. The highest BCUT2D eigenvalue weighted by Gasteiger charge is 2.35. The molecule has 0 bridgehead atoms. The van der Waals surface area contributed by atoms with Crippen LogP contribution in [0.3, 0.4) is 0 Å². The molecule has 0 aromatic rings. The molecule has 1 saturated carbocycles. The molecule has 2 atom stereocenters. The summed E-state index contributed by atoms with van der Waals surface area (Å²) in [6.07, 6.45) is 7.05. The number of nitrogens with zero attached hydrogens (tertiary/aromatic N) is 1. The first-order valence-corrected chi connectivity index (χ1v) is 7.25. The minimum atomic E-state index is 0.234. The summed E-state index contributed by atoms with van der Waals surface area (Å²) in [5.74, 6) is 1.92. The van der Waals surface area contributed by atoms with E-state index in [4.69, 9.17) is 5.73 Å². The smallest absolute Gasteiger partial charge is 0.226 e. The molecule has 1 saturated heterocycles. The Morgan fingerprint density at radius 3 is 2.53 bits per heavy atom. The Hall–Kier alpha value is -0.570. The van der Waals surface area contributed by atoms with Crippen LogP contribution in [0.5, 0.6) is 0 Å². The van der Waals surface area contributed by atoms with E-state index in [1.807, 2.05) is 0 Å². The molecule has 0 radical (unpaired) electrons. The van der Waals surface area contributed by atoms with Crippen LogP contribution in [0.1, 0.15) is 45.4 Å². The van der Waals surface area contributed by atoms with Gasteiger partial charge < -0.3 is 10.6 Å². The summed E-state index contributed by atoms with van der Waals surface area (Å²) in [4.78, 5) is 14.5. The number of amides is 1. The van der Waals surface area contributed by atoms with Gasteiger partial charge in [0.15, 0.2) is 0 Å². The Kier molecular flexibility index (Phi) is 4.43. The summed E-state index contributed by atoms with van der Waals surface area (Å²) < 4.78 is 0. The average molecular weight is 238 g/mol. The molecule has 2 unspecified atom stereocenters. The molecule has 0 aromatic carbocycles. The van der Waals surface area contributed by atoms with E-state index in [0.29, 0.717) is 18.4 Å². The predicted octanol–water partition coefficient (Wildman–Crippen LogP) is 2.01. The maximum absolute atomic E-state index is 12.4. The first-order valence-electron chi connectivity index (χ1n) is 7.25. The normalized spacial score (nSPS) is 30.8. The van der Waals surface area contributed by atoms with E-state index in [1.165, 1.54) is 25.7 Å². The van der Waals surface area contributed by atoms with Gasteiger partial charge in [0.25, 0.3) is 0 Å². The molecule has 1 amide bonds. The van der Waals surface area contributed by atoms with Gasteiger partial charge >= 0.3 is 0 Å². The number of hydrogen-bond acceptors (Lipinski definition) is 2. The topological polar surface area (TPSA) is 46.3 Å². The Bertz CT molecular complexity index is 259. The van der Waals surface area contributed by atoms with Crippen LogP contribution in [0, 0.1) is 17.8 Å². The molecule has 1 aliphatic carbocycles. The standard InChI is InChI=1S/C14H26N2O/c1-2-11-6-8-16(9-7-11)14(17)13-5-3-4-12(13)10-15/h11-13H,2-10,15H2,1H3. The Morgan fingerprint density at radius 1 is 1.24 bits per heavy atom. The van der Waals surface area contributed by atoms with Crippen LogP contribution < -0.4 is 5.73 Å². The maximum atomic E-state index is 12.4. The molecule has 3 heteroatoms. The van der Waals surface area contributed by atoms with Crippen molar-refractivity contribution in [3.05, 3.63) is 0 Å². The molecule has 17 heavy (non-hydrogen) atoms. The molecule has 2 aliphatic rings. The number of carbonyl (C=O) groups is 1. The summed E-state index contributed by atoms with van der Waals surface area (Å²) in [5, 5.41) is 0. The van der Waals surface area contributed by atoms with Gasteiger partial charge in [-0.1, -0.05) is 19.8 Å². The van der Waals surface area contributed by atoms with Crippen molar-refractivity contribution in [1.29, 1.82) is 0 Å². The van der Waals surface area contributed by atoms with Gasteiger partial charge in [-0.25, -0.2) is 0 Å². The zero-order valence-corrected chi connectivity index (χ0v) is 11.0. The predicted molar refractivity (Wildman–Crippen MR) is 69.5 cm³/mol. The lowest BCUT2D eigenvalue weighted by molar-refractivity contribution is -0.138. The van der Waals surface area contributed by atoms with Gasteiger partial charge in [-0.2, -0.15) is 0 Å². The van der Waals surface area contributed by atoms with Gasteiger partial charge in [-0.15, -0.1) is 0 Å². The van der Waals surface area contributed by atoms with Crippen molar-refractivity contribution in [1.82, 2.24) is 4.90 Å². The molecule has 2 rings (SSSR count). The SMILES string of the molecule is CCC1CCN(C(=O)C2CCCC2CN)CC1. The molecule has 1 aliphatic heterocycles. The fourth-order valence-electron chi connectivity index (χ4n) is 3.44. The lowest BCUT2D eigenvalue weighted by Gasteiger charge is -2.34. The Labute approximate surface area is 105 Å². The summed E-state index contributed by atoms with van der Waals surface area (Å²) in [6, 6.07) is 0. The van der Waals surface area contributed by atoms with Crippen molar-refractivity contribution in [3.63, 3.8) is 0 Å². The van der Waals surface area contributed by atoms with Crippen molar-refractivity contribution in [2.24, 2.45) is 23.5 Å². The fourth-order valence-corrected chi connectivity index (χ4v) is 3.44. The van der Waals surface area contributed by atoms with Crippen LogP contribution in [0.4, 0.5) is 0 Å². The minimum absolute atomic E-state index is 0.234. The monoisotopic (exact) mass is 238 g/mol. The third-order valence-corrected chi connectivity index (χ3v) is 4.78. The first-order chi connectivity index (χ1) is 8.26. The molecular formula is C14H26N2O. The van der Waals surface area contributed by atoms with Crippen molar-refractivity contribution in [2.75, 3.05) is 19.6 Å². The summed E-state index contributed by atoms with van der Waals surface area (Å²) in [7, 11) is 0. The molecule has 2 fully saturated rings. The van der Waals surface area contributed by atoms with Crippen LogP contribution in [0.15, 0.2) is 0 Å². The Balaban J connectivity index is 1.88. The first kappa shape index (κ1) is 12.9. The number of rotatable bonds is 3. The molecule has 98 valence electrons. The van der Waals surface area contributed by atoms with Crippen molar-refractivity contribution >= 4 is 5.91 Å². The lowest BCUT2D eigenvalue weighted by atomic mass is 9.91. The highest BCUT2D eigenvalue weighted by atomic mass is 16.2. The van der Waals surface area contributed by atoms with Crippen molar-refractivity contribution < 1.29 is 4.79 Å². The second-order valence-electron chi connectivity index (χ2n) is 5.71. The van der Waals surface area contributed by atoms with Gasteiger partial charge in [-0.3, -0.25) is 4.79 Å². The maximum Gasteiger partial charge on any atom is 0.226 e. The van der Waals surface area contributed by atoms with Gasteiger partial charge in [0.2, 0.25) is 5.91 Å². The zero-order valence-electron chi connectivity index (χ0n) is 11.0. The van der Waals surface area contributed by atoms with Crippen LogP contribution in [-0.2, 0) is 4.79 Å². The van der Waals surface area contributed by atoms with E-state index in [0.717, 1.165) is 31.8 Å².